The maximum absolute atomic E-state index is 12.8. The molecule has 2 aromatic rings. The van der Waals surface area contributed by atoms with E-state index in [0.29, 0.717) is 0 Å². The number of halogens is 4. The Balaban J connectivity index is 2.67. The molecule has 0 spiro atoms. The summed E-state index contributed by atoms with van der Waals surface area (Å²) in [5, 5.41) is 3.37. The van der Waals surface area contributed by atoms with Gasteiger partial charge in [0.2, 0.25) is 5.88 Å². The van der Waals surface area contributed by atoms with Crippen LogP contribution in [0.5, 0.6) is 0 Å². The third-order valence-corrected chi connectivity index (χ3v) is 2.42. The summed E-state index contributed by atoms with van der Waals surface area (Å²) in [5.41, 5.74) is 4.12. The van der Waals surface area contributed by atoms with Gasteiger partial charge in [0.25, 0.3) is 0 Å². The van der Waals surface area contributed by atoms with Gasteiger partial charge in [0.15, 0.2) is 0 Å². The van der Waals surface area contributed by atoms with Gasteiger partial charge in [0.05, 0.1) is 10.6 Å². The Morgan fingerprint density at radius 1 is 1.29 bits per heavy atom. The Labute approximate surface area is 99.0 Å². The van der Waals surface area contributed by atoms with E-state index in [4.69, 9.17) is 17.3 Å². The van der Waals surface area contributed by atoms with Crippen molar-refractivity contribution in [1.82, 2.24) is 5.16 Å². The number of anilines is 1. The molecule has 0 saturated carbocycles. The molecule has 0 saturated heterocycles. The molecule has 2 rings (SSSR count). The van der Waals surface area contributed by atoms with Gasteiger partial charge in [-0.2, -0.15) is 13.2 Å². The van der Waals surface area contributed by atoms with E-state index in [-0.39, 0.29) is 22.2 Å². The topological polar surface area (TPSA) is 52.0 Å². The zero-order valence-electron chi connectivity index (χ0n) is 8.25. The quantitative estimate of drug-likeness (QED) is 0.854. The number of nitrogen functional groups attached to an aromatic ring is 1. The van der Waals surface area contributed by atoms with Crippen LogP contribution in [-0.4, -0.2) is 5.16 Å². The Kier molecular flexibility index (Phi) is 2.74. The van der Waals surface area contributed by atoms with Crippen molar-refractivity contribution in [3.05, 3.63) is 34.9 Å². The molecule has 0 amide bonds. The average Bonchev–Trinajstić information content (AvgIpc) is 2.63. The minimum atomic E-state index is -4.52. The summed E-state index contributed by atoms with van der Waals surface area (Å²) in [6, 6.07) is 4.68. The number of benzene rings is 1. The number of rotatable bonds is 1. The highest BCUT2D eigenvalue weighted by Crippen LogP contribution is 2.40. The van der Waals surface area contributed by atoms with Crippen LogP contribution >= 0.6 is 11.6 Å². The molecule has 0 fully saturated rings. The summed E-state index contributed by atoms with van der Waals surface area (Å²) in [4.78, 5) is 0. The van der Waals surface area contributed by atoms with Crippen molar-refractivity contribution in [1.29, 1.82) is 0 Å². The SMILES string of the molecule is Nc1cc(-c2c(Cl)cccc2C(F)(F)F)no1. The van der Waals surface area contributed by atoms with Gasteiger partial charge >= 0.3 is 6.18 Å². The Morgan fingerprint density at radius 3 is 2.53 bits per heavy atom. The lowest BCUT2D eigenvalue weighted by molar-refractivity contribution is -0.137. The van der Waals surface area contributed by atoms with Crippen molar-refractivity contribution < 1.29 is 17.7 Å². The highest BCUT2D eigenvalue weighted by Gasteiger charge is 2.35. The monoisotopic (exact) mass is 262 g/mol. The molecule has 0 aliphatic rings. The van der Waals surface area contributed by atoms with E-state index in [0.717, 1.165) is 6.07 Å². The van der Waals surface area contributed by atoms with Crippen LogP contribution in [0.15, 0.2) is 28.8 Å². The summed E-state index contributed by atoms with van der Waals surface area (Å²) in [6.07, 6.45) is -4.52. The molecule has 3 nitrogen and oxygen atoms in total. The fraction of sp³-hybridized carbons (Fsp3) is 0.100. The van der Waals surface area contributed by atoms with Gasteiger partial charge in [0.1, 0.15) is 5.69 Å². The predicted molar refractivity (Wildman–Crippen MR) is 56.4 cm³/mol. The smallest absolute Gasteiger partial charge is 0.368 e. The molecule has 1 aromatic carbocycles. The van der Waals surface area contributed by atoms with E-state index < -0.39 is 11.7 Å². The van der Waals surface area contributed by atoms with E-state index in [1.54, 1.807) is 0 Å². The first-order chi connectivity index (χ1) is 7.89. The van der Waals surface area contributed by atoms with Gasteiger partial charge < -0.3 is 10.3 Å². The van der Waals surface area contributed by atoms with Crippen molar-refractivity contribution in [3.63, 3.8) is 0 Å². The lowest BCUT2D eigenvalue weighted by Gasteiger charge is -2.11. The van der Waals surface area contributed by atoms with Crippen LogP contribution in [0, 0.1) is 0 Å². The standard InChI is InChI=1S/C10H6ClF3N2O/c11-6-3-1-2-5(10(12,13)14)9(6)7-4-8(15)17-16-7/h1-4H,15H2. The van der Waals surface area contributed by atoms with Crippen LogP contribution in [0.4, 0.5) is 19.1 Å². The van der Waals surface area contributed by atoms with E-state index in [1.807, 2.05) is 0 Å². The maximum Gasteiger partial charge on any atom is 0.417 e. The second-order valence-electron chi connectivity index (χ2n) is 3.27. The molecule has 0 unspecified atom stereocenters. The molecule has 2 N–H and O–H groups in total. The third kappa shape index (κ3) is 2.21. The summed E-state index contributed by atoms with van der Waals surface area (Å²) in [5.74, 6) is -0.0759. The fourth-order valence-corrected chi connectivity index (χ4v) is 1.70. The fourth-order valence-electron chi connectivity index (χ4n) is 1.43. The number of nitrogens with two attached hydrogens (primary N) is 1. The number of hydrogen-bond donors (Lipinski definition) is 1. The van der Waals surface area contributed by atoms with Crippen LogP contribution in [0.3, 0.4) is 0 Å². The minimum absolute atomic E-state index is 0.0413. The molecule has 0 aliphatic heterocycles. The normalized spacial score (nSPS) is 11.8. The number of nitrogens with zero attached hydrogens (tertiary/aromatic N) is 1. The molecule has 17 heavy (non-hydrogen) atoms. The number of hydrogen-bond acceptors (Lipinski definition) is 3. The molecular weight excluding hydrogens is 257 g/mol. The number of aromatic nitrogens is 1. The zero-order valence-corrected chi connectivity index (χ0v) is 9.01. The lowest BCUT2D eigenvalue weighted by atomic mass is 10.0. The largest absolute Gasteiger partial charge is 0.417 e. The zero-order chi connectivity index (χ0) is 12.6. The van der Waals surface area contributed by atoms with E-state index in [9.17, 15) is 13.2 Å². The summed E-state index contributed by atoms with van der Waals surface area (Å²) in [6.45, 7) is 0. The maximum atomic E-state index is 12.8. The van der Waals surface area contributed by atoms with Gasteiger partial charge in [-0.25, -0.2) is 0 Å². The Bertz CT molecular complexity index is 551. The van der Waals surface area contributed by atoms with Crippen LogP contribution < -0.4 is 5.73 Å². The van der Waals surface area contributed by atoms with Gasteiger partial charge in [-0.3, -0.25) is 0 Å². The second kappa shape index (κ2) is 3.96. The molecule has 1 heterocycles. The van der Waals surface area contributed by atoms with Crippen LogP contribution in [0.2, 0.25) is 5.02 Å². The lowest BCUT2D eigenvalue weighted by Crippen LogP contribution is -2.07. The van der Waals surface area contributed by atoms with Crippen LogP contribution in [-0.2, 0) is 6.18 Å². The van der Waals surface area contributed by atoms with Gasteiger partial charge in [-0.05, 0) is 12.1 Å². The van der Waals surface area contributed by atoms with Crippen molar-refractivity contribution in [3.8, 4) is 11.3 Å². The van der Waals surface area contributed by atoms with Crippen molar-refractivity contribution in [2.24, 2.45) is 0 Å². The summed E-state index contributed by atoms with van der Waals surface area (Å²) < 4.78 is 42.9. The average molecular weight is 263 g/mol. The number of alkyl halides is 3. The van der Waals surface area contributed by atoms with Crippen molar-refractivity contribution >= 4 is 17.5 Å². The Morgan fingerprint density at radius 2 is 2.00 bits per heavy atom. The molecule has 0 bridgehead atoms. The highest BCUT2D eigenvalue weighted by atomic mass is 35.5. The van der Waals surface area contributed by atoms with Gasteiger partial charge in [0, 0.05) is 11.6 Å². The summed E-state index contributed by atoms with van der Waals surface area (Å²) in [7, 11) is 0. The first kappa shape index (κ1) is 11.8. The van der Waals surface area contributed by atoms with Crippen LogP contribution in [0.1, 0.15) is 5.56 Å². The van der Waals surface area contributed by atoms with E-state index >= 15 is 0 Å². The first-order valence-corrected chi connectivity index (χ1v) is 4.85. The molecule has 0 atom stereocenters. The Hall–Kier alpha value is -1.69. The minimum Gasteiger partial charge on any atom is -0.368 e. The molecule has 1 aromatic heterocycles. The third-order valence-electron chi connectivity index (χ3n) is 2.10. The van der Waals surface area contributed by atoms with Gasteiger partial charge in [-0.15, -0.1) is 0 Å². The van der Waals surface area contributed by atoms with Crippen LogP contribution in [0.25, 0.3) is 11.3 Å². The summed E-state index contributed by atoms with van der Waals surface area (Å²) >= 11 is 5.76. The van der Waals surface area contributed by atoms with E-state index in [1.165, 1.54) is 18.2 Å². The van der Waals surface area contributed by atoms with Gasteiger partial charge in [-0.1, -0.05) is 22.8 Å². The first-order valence-electron chi connectivity index (χ1n) is 4.48. The van der Waals surface area contributed by atoms with E-state index in [2.05, 4.69) is 9.68 Å². The molecule has 90 valence electrons. The van der Waals surface area contributed by atoms with Crippen molar-refractivity contribution in [2.45, 2.75) is 6.18 Å². The molecule has 0 radical (unpaired) electrons. The molecule has 7 heteroatoms. The molecule has 0 aliphatic carbocycles. The predicted octanol–water partition coefficient (Wildman–Crippen LogP) is 3.60. The highest BCUT2D eigenvalue weighted by molar-refractivity contribution is 6.33. The second-order valence-corrected chi connectivity index (χ2v) is 3.68. The molecular formula is C10H6ClF3N2O. The van der Waals surface area contributed by atoms with Crippen molar-refractivity contribution in [2.75, 3.05) is 5.73 Å².